The van der Waals surface area contributed by atoms with Crippen LogP contribution < -0.4 is 11.1 Å². The molecule has 1 aromatic carbocycles. The SMILES string of the molecule is CC(C)CC(C)(CN)NC(=O)C1CC1c1cccc(Br)c1.Cl. The molecule has 1 aromatic rings. The molecule has 3 unspecified atom stereocenters. The van der Waals surface area contributed by atoms with Gasteiger partial charge in [-0.3, -0.25) is 4.79 Å². The van der Waals surface area contributed by atoms with Crippen molar-refractivity contribution < 1.29 is 4.79 Å². The van der Waals surface area contributed by atoms with E-state index in [2.05, 4.69) is 47.2 Å². The molecule has 3 N–H and O–H groups in total. The highest BCUT2D eigenvalue weighted by Crippen LogP contribution is 2.48. The Kier molecular flexibility index (Phi) is 6.90. The topological polar surface area (TPSA) is 55.1 Å². The lowest BCUT2D eigenvalue weighted by Gasteiger charge is -2.31. The second-order valence-corrected chi connectivity index (χ2v) is 7.77. The first kappa shape index (κ1) is 19.5. The number of halogens is 2. The van der Waals surface area contributed by atoms with Crippen LogP contribution in [0.4, 0.5) is 0 Å². The van der Waals surface area contributed by atoms with Gasteiger partial charge in [-0.15, -0.1) is 12.4 Å². The minimum absolute atomic E-state index is 0. The molecule has 1 aliphatic carbocycles. The Morgan fingerprint density at radius 3 is 2.73 bits per heavy atom. The molecule has 3 nitrogen and oxygen atoms in total. The number of amides is 1. The highest BCUT2D eigenvalue weighted by atomic mass is 79.9. The zero-order valence-corrected chi connectivity index (χ0v) is 15.8. The average Bonchev–Trinajstić information content (AvgIpc) is 3.18. The van der Waals surface area contributed by atoms with Crippen LogP contribution in [0.5, 0.6) is 0 Å². The predicted molar refractivity (Wildman–Crippen MR) is 97.3 cm³/mol. The molecule has 1 aliphatic rings. The maximum atomic E-state index is 12.5. The van der Waals surface area contributed by atoms with E-state index in [-0.39, 0.29) is 29.8 Å². The van der Waals surface area contributed by atoms with E-state index in [4.69, 9.17) is 5.73 Å². The third kappa shape index (κ3) is 4.97. The first-order valence-corrected chi connectivity index (χ1v) is 8.41. The van der Waals surface area contributed by atoms with Crippen molar-refractivity contribution in [3.8, 4) is 0 Å². The molecule has 1 fully saturated rings. The van der Waals surface area contributed by atoms with Gasteiger partial charge in [0.15, 0.2) is 0 Å². The number of rotatable bonds is 6. The zero-order valence-electron chi connectivity index (χ0n) is 13.4. The van der Waals surface area contributed by atoms with Crippen LogP contribution in [0, 0.1) is 11.8 Å². The maximum Gasteiger partial charge on any atom is 0.224 e. The van der Waals surface area contributed by atoms with Gasteiger partial charge in [0.05, 0.1) is 0 Å². The first-order chi connectivity index (χ1) is 9.84. The fraction of sp³-hybridized carbons (Fsp3) is 0.588. The fourth-order valence-electron chi connectivity index (χ4n) is 3.07. The van der Waals surface area contributed by atoms with Crippen molar-refractivity contribution in [1.29, 1.82) is 0 Å². The Bertz CT molecular complexity index is 523. The third-order valence-corrected chi connectivity index (χ3v) is 4.63. The average molecular weight is 390 g/mol. The molecular weight excluding hydrogens is 364 g/mol. The summed E-state index contributed by atoms with van der Waals surface area (Å²) in [6.45, 7) is 6.83. The molecule has 0 spiro atoms. The summed E-state index contributed by atoms with van der Waals surface area (Å²) in [5.41, 5.74) is 6.81. The van der Waals surface area contributed by atoms with Crippen molar-refractivity contribution in [2.24, 2.45) is 17.6 Å². The van der Waals surface area contributed by atoms with Crippen LogP contribution >= 0.6 is 28.3 Å². The van der Waals surface area contributed by atoms with E-state index in [1.54, 1.807) is 0 Å². The lowest BCUT2D eigenvalue weighted by Crippen LogP contribution is -2.52. The Morgan fingerprint density at radius 1 is 1.50 bits per heavy atom. The number of hydrogen-bond acceptors (Lipinski definition) is 2. The van der Waals surface area contributed by atoms with Crippen molar-refractivity contribution in [3.63, 3.8) is 0 Å². The standard InChI is InChI=1S/C17H25BrN2O.ClH/c1-11(2)9-17(3,10-19)20-16(21)15-8-14(15)12-5-4-6-13(18)7-12;/h4-7,11,14-15H,8-10,19H2,1-3H3,(H,20,21);1H. The summed E-state index contributed by atoms with van der Waals surface area (Å²) in [6, 6.07) is 8.23. The largest absolute Gasteiger partial charge is 0.349 e. The molecule has 0 saturated heterocycles. The van der Waals surface area contributed by atoms with Gasteiger partial charge in [-0.1, -0.05) is 41.9 Å². The quantitative estimate of drug-likeness (QED) is 0.776. The molecule has 0 aliphatic heterocycles. The van der Waals surface area contributed by atoms with Gasteiger partial charge >= 0.3 is 0 Å². The van der Waals surface area contributed by atoms with E-state index >= 15 is 0 Å². The Balaban J connectivity index is 0.00000242. The van der Waals surface area contributed by atoms with Crippen LogP contribution in [0.25, 0.3) is 0 Å². The van der Waals surface area contributed by atoms with E-state index in [1.807, 2.05) is 19.1 Å². The minimum atomic E-state index is -0.296. The van der Waals surface area contributed by atoms with Gasteiger partial charge in [-0.05, 0) is 49.3 Å². The number of hydrogen-bond donors (Lipinski definition) is 2. The monoisotopic (exact) mass is 388 g/mol. The van der Waals surface area contributed by atoms with Gasteiger partial charge in [-0.25, -0.2) is 0 Å². The lowest BCUT2D eigenvalue weighted by molar-refractivity contribution is -0.124. The molecule has 5 heteroatoms. The van der Waals surface area contributed by atoms with Crippen LogP contribution in [0.3, 0.4) is 0 Å². The molecule has 0 heterocycles. The lowest BCUT2D eigenvalue weighted by atomic mass is 9.90. The van der Waals surface area contributed by atoms with Crippen molar-refractivity contribution >= 4 is 34.2 Å². The summed E-state index contributed by atoms with van der Waals surface area (Å²) in [4.78, 5) is 12.5. The summed E-state index contributed by atoms with van der Waals surface area (Å²) >= 11 is 3.49. The van der Waals surface area contributed by atoms with E-state index < -0.39 is 0 Å². The second kappa shape index (κ2) is 7.80. The van der Waals surface area contributed by atoms with E-state index in [0.29, 0.717) is 18.4 Å². The normalized spacial score (nSPS) is 22.6. The Labute approximate surface area is 148 Å². The molecule has 1 amide bonds. The molecule has 1 saturated carbocycles. The summed E-state index contributed by atoms with van der Waals surface area (Å²) < 4.78 is 1.07. The Morgan fingerprint density at radius 2 is 2.18 bits per heavy atom. The summed E-state index contributed by atoms with van der Waals surface area (Å²) in [7, 11) is 0. The molecule has 0 radical (unpaired) electrons. The number of benzene rings is 1. The van der Waals surface area contributed by atoms with Crippen LogP contribution in [0.2, 0.25) is 0 Å². The van der Waals surface area contributed by atoms with Gasteiger partial charge in [0, 0.05) is 22.5 Å². The number of nitrogens with two attached hydrogens (primary N) is 1. The van der Waals surface area contributed by atoms with E-state index in [1.165, 1.54) is 5.56 Å². The minimum Gasteiger partial charge on any atom is -0.349 e. The van der Waals surface area contributed by atoms with Crippen LogP contribution in [-0.2, 0) is 4.79 Å². The van der Waals surface area contributed by atoms with Gasteiger partial charge in [0.2, 0.25) is 5.91 Å². The molecule has 0 bridgehead atoms. The molecule has 22 heavy (non-hydrogen) atoms. The van der Waals surface area contributed by atoms with Gasteiger partial charge in [0.1, 0.15) is 0 Å². The predicted octanol–water partition coefficient (Wildman–Crippen LogP) is 3.85. The van der Waals surface area contributed by atoms with Crippen LogP contribution in [0.15, 0.2) is 28.7 Å². The van der Waals surface area contributed by atoms with Gasteiger partial charge in [0.25, 0.3) is 0 Å². The third-order valence-electron chi connectivity index (χ3n) is 4.14. The second-order valence-electron chi connectivity index (χ2n) is 6.86. The molecular formula is C17H26BrClN2O. The molecule has 0 aromatic heterocycles. The van der Waals surface area contributed by atoms with Crippen molar-refractivity contribution in [2.45, 2.75) is 45.1 Å². The smallest absolute Gasteiger partial charge is 0.224 e. The summed E-state index contributed by atoms with van der Waals surface area (Å²) in [5, 5.41) is 3.18. The summed E-state index contributed by atoms with van der Waals surface area (Å²) in [6.07, 6.45) is 1.84. The highest BCUT2D eigenvalue weighted by Gasteiger charge is 2.45. The molecule has 2 rings (SSSR count). The van der Waals surface area contributed by atoms with E-state index in [0.717, 1.165) is 17.3 Å². The van der Waals surface area contributed by atoms with Crippen LogP contribution in [0.1, 0.15) is 45.1 Å². The van der Waals surface area contributed by atoms with Gasteiger partial charge in [-0.2, -0.15) is 0 Å². The maximum absolute atomic E-state index is 12.5. The zero-order chi connectivity index (χ0) is 15.6. The molecule has 3 atom stereocenters. The van der Waals surface area contributed by atoms with Crippen molar-refractivity contribution in [1.82, 2.24) is 5.32 Å². The van der Waals surface area contributed by atoms with Gasteiger partial charge < -0.3 is 11.1 Å². The first-order valence-electron chi connectivity index (χ1n) is 7.62. The Hall–Kier alpha value is -0.580. The number of carbonyl (C=O) groups excluding carboxylic acids is 1. The highest BCUT2D eigenvalue weighted by molar-refractivity contribution is 9.10. The van der Waals surface area contributed by atoms with Crippen LogP contribution in [-0.4, -0.2) is 18.0 Å². The molecule has 124 valence electrons. The number of nitrogens with one attached hydrogen (secondary N) is 1. The van der Waals surface area contributed by atoms with Crippen molar-refractivity contribution in [3.05, 3.63) is 34.3 Å². The van der Waals surface area contributed by atoms with Crippen molar-refractivity contribution in [2.75, 3.05) is 6.54 Å². The fourth-order valence-corrected chi connectivity index (χ4v) is 3.48. The van der Waals surface area contributed by atoms with E-state index in [9.17, 15) is 4.79 Å². The summed E-state index contributed by atoms with van der Waals surface area (Å²) in [5.74, 6) is 1.11. The number of carbonyl (C=O) groups is 1.